The Bertz CT molecular complexity index is 1050. The average Bonchev–Trinajstić information content (AvgIpc) is 3.00. The highest BCUT2D eigenvalue weighted by atomic mass is 16.3. The van der Waals surface area contributed by atoms with Crippen molar-refractivity contribution in [1.82, 2.24) is 9.97 Å². The van der Waals surface area contributed by atoms with Crippen LogP contribution < -0.4 is 5.32 Å². The minimum atomic E-state index is -0.0773. The Labute approximate surface area is 144 Å². The molecule has 0 fully saturated rings. The van der Waals surface area contributed by atoms with Crippen molar-refractivity contribution in [2.75, 3.05) is 5.32 Å². The molecule has 0 radical (unpaired) electrons. The van der Waals surface area contributed by atoms with Gasteiger partial charge in [0.1, 0.15) is 5.75 Å². The lowest BCUT2D eigenvalue weighted by Crippen LogP contribution is -2.12. The minimum Gasteiger partial charge on any atom is -0.508 e. The highest BCUT2D eigenvalue weighted by Gasteiger charge is 2.08. The molecule has 0 saturated carbocycles. The number of benzene rings is 2. The van der Waals surface area contributed by atoms with Gasteiger partial charge in [0, 0.05) is 34.1 Å². The number of anilines is 1. The molecule has 0 aliphatic rings. The molecule has 0 unspecified atom stereocenters. The van der Waals surface area contributed by atoms with Crippen molar-refractivity contribution >= 4 is 33.4 Å². The number of carbonyl (C=O) groups is 1. The zero-order valence-electron chi connectivity index (χ0n) is 13.5. The van der Waals surface area contributed by atoms with Gasteiger partial charge < -0.3 is 15.4 Å². The number of H-pyrrole nitrogens is 1. The molecule has 0 atom stereocenters. The fourth-order valence-electron chi connectivity index (χ4n) is 2.94. The van der Waals surface area contributed by atoms with Crippen LogP contribution >= 0.6 is 0 Å². The Morgan fingerprint density at radius 3 is 2.68 bits per heavy atom. The standard InChI is InChI=1S/C20H17N3O2/c24-15-8-5-13(6-9-15)22-20(25)10-7-14-11-17-16-3-1-2-4-18(16)23-19(17)12-21-14/h1-6,8-9,11-12,23-24H,7,10H2,(H,22,25). The first-order valence-electron chi connectivity index (χ1n) is 8.13. The molecule has 25 heavy (non-hydrogen) atoms. The van der Waals surface area contributed by atoms with E-state index in [2.05, 4.69) is 21.4 Å². The van der Waals surface area contributed by atoms with Crippen molar-refractivity contribution in [3.8, 4) is 5.75 Å². The van der Waals surface area contributed by atoms with Crippen molar-refractivity contribution in [3.63, 3.8) is 0 Å². The van der Waals surface area contributed by atoms with Gasteiger partial charge in [-0.2, -0.15) is 0 Å². The number of phenols is 1. The van der Waals surface area contributed by atoms with Gasteiger partial charge in [0.05, 0.1) is 11.7 Å². The van der Waals surface area contributed by atoms with Crippen LogP contribution in [0, 0.1) is 0 Å². The molecule has 2 aromatic carbocycles. The van der Waals surface area contributed by atoms with E-state index in [9.17, 15) is 9.90 Å². The number of amides is 1. The maximum absolute atomic E-state index is 12.1. The molecule has 0 aliphatic heterocycles. The lowest BCUT2D eigenvalue weighted by atomic mass is 10.1. The number of hydrogen-bond donors (Lipinski definition) is 3. The maximum Gasteiger partial charge on any atom is 0.224 e. The largest absolute Gasteiger partial charge is 0.508 e. The lowest BCUT2D eigenvalue weighted by molar-refractivity contribution is -0.116. The van der Waals surface area contributed by atoms with Crippen LogP contribution in [0.3, 0.4) is 0 Å². The van der Waals surface area contributed by atoms with Gasteiger partial charge in [0.15, 0.2) is 0 Å². The molecule has 4 rings (SSSR count). The second-order valence-electron chi connectivity index (χ2n) is 5.99. The number of para-hydroxylation sites is 1. The van der Waals surface area contributed by atoms with Crippen LogP contribution in [0.15, 0.2) is 60.8 Å². The predicted octanol–water partition coefficient (Wildman–Crippen LogP) is 3.99. The topological polar surface area (TPSA) is 78.0 Å². The molecule has 4 aromatic rings. The third-order valence-electron chi connectivity index (χ3n) is 4.21. The molecule has 5 nitrogen and oxygen atoms in total. The van der Waals surface area contributed by atoms with Crippen molar-refractivity contribution in [2.45, 2.75) is 12.8 Å². The molecule has 1 amide bonds. The van der Waals surface area contributed by atoms with Gasteiger partial charge in [-0.1, -0.05) is 18.2 Å². The van der Waals surface area contributed by atoms with E-state index < -0.39 is 0 Å². The van der Waals surface area contributed by atoms with Gasteiger partial charge in [0.25, 0.3) is 0 Å². The van der Waals surface area contributed by atoms with E-state index in [1.54, 1.807) is 24.3 Å². The molecule has 0 aliphatic carbocycles. The van der Waals surface area contributed by atoms with Gasteiger partial charge in [-0.15, -0.1) is 0 Å². The fourth-order valence-corrected chi connectivity index (χ4v) is 2.94. The molecule has 2 aromatic heterocycles. The van der Waals surface area contributed by atoms with Gasteiger partial charge in [0.2, 0.25) is 5.91 Å². The second kappa shape index (κ2) is 6.28. The summed E-state index contributed by atoms with van der Waals surface area (Å²) in [7, 11) is 0. The van der Waals surface area contributed by atoms with E-state index in [-0.39, 0.29) is 11.7 Å². The molecule has 3 N–H and O–H groups in total. The number of aromatic nitrogens is 2. The van der Waals surface area contributed by atoms with Crippen LogP contribution in [0.4, 0.5) is 5.69 Å². The Balaban J connectivity index is 1.48. The highest BCUT2D eigenvalue weighted by Crippen LogP contribution is 2.25. The van der Waals surface area contributed by atoms with E-state index in [0.717, 1.165) is 27.5 Å². The average molecular weight is 331 g/mol. The third kappa shape index (κ3) is 3.17. The first-order chi connectivity index (χ1) is 12.2. The number of aromatic hydroxyl groups is 1. The zero-order chi connectivity index (χ0) is 17.2. The molecule has 124 valence electrons. The monoisotopic (exact) mass is 331 g/mol. The summed E-state index contributed by atoms with van der Waals surface area (Å²) in [6.45, 7) is 0. The number of fused-ring (bicyclic) bond motifs is 3. The highest BCUT2D eigenvalue weighted by molar-refractivity contribution is 6.07. The van der Waals surface area contributed by atoms with E-state index >= 15 is 0 Å². The fraction of sp³-hybridized carbons (Fsp3) is 0.100. The van der Waals surface area contributed by atoms with Crippen molar-refractivity contribution in [2.24, 2.45) is 0 Å². The van der Waals surface area contributed by atoms with Crippen molar-refractivity contribution < 1.29 is 9.90 Å². The van der Waals surface area contributed by atoms with E-state index in [1.807, 2.05) is 30.5 Å². The predicted molar refractivity (Wildman–Crippen MR) is 98.7 cm³/mol. The molecular formula is C20H17N3O2. The van der Waals surface area contributed by atoms with E-state index in [1.165, 1.54) is 0 Å². The molecule has 0 spiro atoms. The molecule has 0 bridgehead atoms. The number of carbonyl (C=O) groups excluding carboxylic acids is 1. The van der Waals surface area contributed by atoms with Crippen LogP contribution in [0.5, 0.6) is 5.75 Å². The Morgan fingerprint density at radius 2 is 1.84 bits per heavy atom. The first-order valence-corrected chi connectivity index (χ1v) is 8.13. The number of hydrogen-bond acceptors (Lipinski definition) is 3. The molecule has 5 heteroatoms. The van der Waals surface area contributed by atoms with Crippen LogP contribution in [0.2, 0.25) is 0 Å². The summed E-state index contributed by atoms with van der Waals surface area (Å²) in [5.74, 6) is 0.0979. The Hall–Kier alpha value is -3.34. The van der Waals surface area contributed by atoms with Crippen LogP contribution in [-0.4, -0.2) is 21.0 Å². The first kappa shape index (κ1) is 15.2. The van der Waals surface area contributed by atoms with Crippen molar-refractivity contribution in [1.29, 1.82) is 0 Å². The summed E-state index contributed by atoms with van der Waals surface area (Å²) in [6, 6.07) is 16.6. The zero-order valence-corrected chi connectivity index (χ0v) is 13.5. The van der Waals surface area contributed by atoms with Crippen LogP contribution in [0.25, 0.3) is 21.8 Å². The van der Waals surface area contributed by atoms with Crippen LogP contribution in [-0.2, 0) is 11.2 Å². The van der Waals surface area contributed by atoms with Crippen LogP contribution in [0.1, 0.15) is 12.1 Å². The number of phenolic OH excluding ortho intramolecular Hbond substituents is 1. The second-order valence-corrected chi connectivity index (χ2v) is 5.99. The molecule has 2 heterocycles. The molecular weight excluding hydrogens is 314 g/mol. The summed E-state index contributed by atoms with van der Waals surface area (Å²) in [5, 5.41) is 14.4. The minimum absolute atomic E-state index is 0.0773. The Morgan fingerprint density at radius 1 is 1.04 bits per heavy atom. The SMILES string of the molecule is O=C(CCc1cc2c(cn1)[nH]c1ccccc12)Nc1ccc(O)cc1. The summed E-state index contributed by atoms with van der Waals surface area (Å²) >= 11 is 0. The number of aromatic amines is 1. The number of nitrogens with zero attached hydrogens (tertiary/aromatic N) is 1. The smallest absolute Gasteiger partial charge is 0.224 e. The van der Waals surface area contributed by atoms with Gasteiger partial charge in [-0.3, -0.25) is 9.78 Å². The Kier molecular flexibility index (Phi) is 3.82. The van der Waals surface area contributed by atoms with Gasteiger partial charge in [-0.25, -0.2) is 0 Å². The number of rotatable bonds is 4. The van der Waals surface area contributed by atoms with E-state index in [0.29, 0.717) is 18.5 Å². The molecule has 0 saturated heterocycles. The van der Waals surface area contributed by atoms with Gasteiger partial charge >= 0.3 is 0 Å². The van der Waals surface area contributed by atoms with Crippen molar-refractivity contribution in [3.05, 3.63) is 66.5 Å². The summed E-state index contributed by atoms with van der Waals surface area (Å²) in [4.78, 5) is 19.9. The lowest BCUT2D eigenvalue weighted by Gasteiger charge is -2.05. The van der Waals surface area contributed by atoms with Gasteiger partial charge in [-0.05, 0) is 42.8 Å². The summed E-state index contributed by atoms with van der Waals surface area (Å²) in [6.07, 6.45) is 2.74. The van der Waals surface area contributed by atoms with E-state index in [4.69, 9.17) is 0 Å². The quantitative estimate of drug-likeness (QED) is 0.495. The summed E-state index contributed by atoms with van der Waals surface area (Å²) < 4.78 is 0. The summed E-state index contributed by atoms with van der Waals surface area (Å²) in [5.41, 5.74) is 3.64. The number of aryl methyl sites for hydroxylation is 1. The normalized spacial score (nSPS) is 11.0. The maximum atomic E-state index is 12.1. The third-order valence-corrected chi connectivity index (χ3v) is 4.21. The number of pyridine rings is 1. The number of nitrogens with one attached hydrogen (secondary N) is 2.